The highest BCUT2D eigenvalue weighted by atomic mass is 16.5. The molecule has 4 amide bonds. The van der Waals surface area contributed by atoms with E-state index in [1.54, 1.807) is 0 Å². The summed E-state index contributed by atoms with van der Waals surface area (Å²) in [5, 5.41) is 5.52. The summed E-state index contributed by atoms with van der Waals surface area (Å²) in [6.45, 7) is 11.4. The summed E-state index contributed by atoms with van der Waals surface area (Å²) in [4.78, 5) is 75.4. The van der Waals surface area contributed by atoms with Crippen LogP contribution in [0.15, 0.2) is 60.8 Å². The lowest BCUT2D eigenvalue weighted by molar-refractivity contribution is -0.177. The number of alkyl carbamates (subject to hydrolysis) is 2. The smallest absolute Gasteiger partial charge is 0.407 e. The molecule has 0 aliphatic carbocycles. The van der Waals surface area contributed by atoms with Gasteiger partial charge in [0.05, 0.1) is 49.2 Å². The number of rotatable bonds is 12. The molecule has 0 saturated carbocycles. The van der Waals surface area contributed by atoms with Crippen LogP contribution in [0.2, 0.25) is 0 Å². The third kappa shape index (κ3) is 7.21. The molecule has 2 aromatic heterocycles. The molecule has 346 valence electrons. The van der Waals surface area contributed by atoms with Gasteiger partial charge in [0.1, 0.15) is 23.7 Å². The fourth-order valence-corrected chi connectivity index (χ4v) is 11.8. The summed E-state index contributed by atoms with van der Waals surface area (Å²) in [7, 11) is 2.62. The van der Waals surface area contributed by atoms with E-state index in [9.17, 15) is 19.2 Å². The molecule has 5 aliphatic rings. The first kappa shape index (κ1) is 43.7. The number of benzene rings is 3. The van der Waals surface area contributed by atoms with Gasteiger partial charge in [0, 0.05) is 30.7 Å². The van der Waals surface area contributed by atoms with E-state index in [-0.39, 0.29) is 41.3 Å². The number of hydrogen-bond donors (Lipinski definition) is 4. The number of hydrogen-bond acceptors (Lipinski definition) is 9. The highest BCUT2D eigenvalue weighted by molar-refractivity contribution is 5.89. The van der Waals surface area contributed by atoms with Gasteiger partial charge in [-0.05, 0) is 108 Å². The van der Waals surface area contributed by atoms with Gasteiger partial charge in [-0.25, -0.2) is 19.6 Å². The van der Waals surface area contributed by atoms with Crippen molar-refractivity contribution >= 4 is 35.0 Å². The Bertz CT molecular complexity index is 2710. The average Bonchev–Trinajstić information content (AvgIpc) is 4.18. The lowest BCUT2D eigenvalue weighted by atomic mass is 9.68. The van der Waals surface area contributed by atoms with Crippen molar-refractivity contribution in [1.82, 2.24) is 45.3 Å². The largest absolute Gasteiger partial charge is 0.453 e. The van der Waals surface area contributed by atoms with Crippen molar-refractivity contribution in [1.29, 1.82) is 0 Å². The van der Waals surface area contributed by atoms with Crippen LogP contribution in [0.1, 0.15) is 127 Å². The van der Waals surface area contributed by atoms with Crippen molar-refractivity contribution < 1.29 is 28.7 Å². The topological polar surface area (TPSA) is 178 Å². The summed E-state index contributed by atoms with van der Waals surface area (Å²) < 4.78 is 9.67. The van der Waals surface area contributed by atoms with E-state index in [0.29, 0.717) is 25.2 Å². The normalized spacial score (nSPS) is 24.3. The van der Waals surface area contributed by atoms with E-state index >= 15 is 0 Å². The van der Waals surface area contributed by atoms with E-state index in [0.717, 1.165) is 84.4 Å². The predicted molar refractivity (Wildman–Crippen MR) is 250 cm³/mol. The standard InChI is InChI=1S/C51H61N9O6/c1-8-28(4)44(57-50(64)66-7)48(62)59-22-10-12-38(59)46-53-34-20-17-31(23-35(34)54-46)33-19-18-32(41-39-24-51(5)25-40(42(33)41)60(39)51)29-13-15-30(16-14-29)36-26-52-45(55-36)37-11-9-21-58(37)47(61)43(27(2)3)56-49(63)65-6/h13-20,23,26-28,37-40,43-44H,8-12,21-22,24-25H2,1-7H3,(H,52,55)(H,53,54)(H,56,63)(H,57,64). The van der Waals surface area contributed by atoms with Crippen LogP contribution in [-0.4, -0.2) is 104 Å². The minimum absolute atomic E-state index is 0.0577. The van der Waals surface area contributed by atoms with Crippen LogP contribution in [0, 0.1) is 11.8 Å². The number of piperidine rings is 1. The fraction of sp³-hybridized carbons (Fsp3) is 0.490. The lowest BCUT2D eigenvalue weighted by Gasteiger charge is -2.65. The summed E-state index contributed by atoms with van der Waals surface area (Å²) in [6, 6.07) is 18.8. The Hall–Kier alpha value is -6.22. The molecular weight excluding hydrogens is 835 g/mol. The Morgan fingerprint density at radius 1 is 0.742 bits per heavy atom. The van der Waals surface area contributed by atoms with E-state index in [1.807, 2.05) is 43.7 Å². The first-order valence-electron chi connectivity index (χ1n) is 23.7. The Labute approximate surface area is 385 Å². The average molecular weight is 896 g/mol. The zero-order valence-electron chi connectivity index (χ0n) is 38.9. The van der Waals surface area contributed by atoms with Gasteiger partial charge in [-0.15, -0.1) is 0 Å². The molecule has 0 radical (unpaired) electrons. The number of aromatic nitrogens is 4. The van der Waals surface area contributed by atoms with Crippen LogP contribution in [0.4, 0.5) is 9.59 Å². The van der Waals surface area contributed by atoms with Crippen LogP contribution in [0.3, 0.4) is 0 Å². The van der Waals surface area contributed by atoms with Gasteiger partial charge in [-0.3, -0.25) is 14.5 Å². The van der Waals surface area contributed by atoms with Crippen molar-refractivity contribution in [2.24, 2.45) is 11.8 Å². The number of likely N-dealkylation sites (tertiary alicyclic amines) is 2. The van der Waals surface area contributed by atoms with E-state index in [1.165, 1.54) is 42.0 Å². The molecule has 0 bridgehead atoms. The van der Waals surface area contributed by atoms with Crippen molar-refractivity contribution in [2.45, 2.75) is 121 Å². The van der Waals surface area contributed by atoms with Crippen LogP contribution in [-0.2, 0) is 19.1 Å². The number of carbonyl (C=O) groups excluding carboxylic acids is 4. The number of imidazole rings is 2. The van der Waals surface area contributed by atoms with Gasteiger partial charge in [-0.2, -0.15) is 0 Å². The lowest BCUT2D eigenvalue weighted by Crippen LogP contribution is -2.66. The SMILES string of the molecule is CCC(C)C(NC(=O)OC)C(=O)N1CCCC1c1nc2ccc(-c3ccc(-c4ccc(-c5cnc(C6CCCN6C(=O)C(NC(=O)OC)C(C)C)[nH]5)cc4)c4c3C3CC5(C)CC4N35)cc2[nH]1. The second-order valence-electron chi connectivity index (χ2n) is 19.7. The molecule has 8 unspecified atom stereocenters. The first-order chi connectivity index (χ1) is 31.8. The van der Waals surface area contributed by atoms with Crippen LogP contribution in [0.5, 0.6) is 0 Å². The minimum Gasteiger partial charge on any atom is -0.453 e. The van der Waals surface area contributed by atoms with E-state index in [2.05, 4.69) is 87.0 Å². The summed E-state index contributed by atoms with van der Waals surface area (Å²) in [5.74, 6) is 1.11. The van der Waals surface area contributed by atoms with Crippen LogP contribution >= 0.6 is 0 Å². The fourth-order valence-electron chi connectivity index (χ4n) is 11.8. The van der Waals surface area contributed by atoms with E-state index < -0.39 is 24.3 Å². The maximum atomic E-state index is 14.0. The van der Waals surface area contributed by atoms with Gasteiger partial charge in [0.15, 0.2) is 0 Å². The zero-order chi connectivity index (χ0) is 46.2. The van der Waals surface area contributed by atoms with Crippen molar-refractivity contribution in [2.75, 3.05) is 27.3 Å². The molecule has 4 saturated heterocycles. The molecule has 7 heterocycles. The maximum absolute atomic E-state index is 14.0. The monoisotopic (exact) mass is 895 g/mol. The summed E-state index contributed by atoms with van der Waals surface area (Å²) in [5.41, 5.74) is 11.6. The molecule has 8 atom stereocenters. The number of ether oxygens (including phenoxy) is 2. The van der Waals surface area contributed by atoms with Gasteiger partial charge in [0.25, 0.3) is 0 Å². The Morgan fingerprint density at radius 2 is 1.30 bits per heavy atom. The summed E-state index contributed by atoms with van der Waals surface area (Å²) >= 11 is 0. The second kappa shape index (κ2) is 16.9. The third-order valence-corrected chi connectivity index (χ3v) is 15.5. The molecule has 3 aromatic carbocycles. The molecule has 5 aromatic rings. The molecule has 0 spiro atoms. The Kier molecular flexibility index (Phi) is 11.2. The van der Waals surface area contributed by atoms with Crippen molar-refractivity contribution in [3.05, 3.63) is 83.6 Å². The number of nitrogens with one attached hydrogen (secondary N) is 4. The van der Waals surface area contributed by atoms with Gasteiger partial charge < -0.3 is 39.9 Å². The molecule has 5 aliphatic heterocycles. The van der Waals surface area contributed by atoms with E-state index in [4.69, 9.17) is 19.4 Å². The highest BCUT2D eigenvalue weighted by Gasteiger charge is 2.66. The van der Waals surface area contributed by atoms with Gasteiger partial charge >= 0.3 is 12.2 Å². The maximum Gasteiger partial charge on any atom is 0.407 e. The van der Waals surface area contributed by atoms with Gasteiger partial charge in [-0.1, -0.05) is 76.6 Å². The summed E-state index contributed by atoms with van der Waals surface area (Å²) in [6.07, 6.45) is 6.94. The number of H-pyrrole nitrogens is 2. The molecule has 4 N–H and O–H groups in total. The molecular formula is C51H61N9O6. The number of methoxy groups -OCH3 is 2. The first-order valence-corrected chi connectivity index (χ1v) is 23.7. The molecule has 4 fully saturated rings. The molecule has 15 nitrogen and oxygen atoms in total. The molecule has 66 heavy (non-hydrogen) atoms. The highest BCUT2D eigenvalue weighted by Crippen LogP contribution is 2.71. The van der Waals surface area contributed by atoms with Gasteiger partial charge in [0.2, 0.25) is 11.8 Å². The number of fused-ring (bicyclic) bond motifs is 4. The third-order valence-electron chi connectivity index (χ3n) is 15.5. The molecule has 15 heteroatoms. The van der Waals surface area contributed by atoms with Crippen LogP contribution < -0.4 is 10.6 Å². The molecule has 10 rings (SSSR count). The second-order valence-corrected chi connectivity index (χ2v) is 19.7. The quantitative estimate of drug-likeness (QED) is 0.0954. The zero-order valence-corrected chi connectivity index (χ0v) is 38.9. The number of aromatic amines is 2. The minimum atomic E-state index is -0.689. The van der Waals surface area contributed by atoms with Crippen molar-refractivity contribution in [3.63, 3.8) is 0 Å². The number of nitrogens with zero attached hydrogens (tertiary/aromatic N) is 5. The number of carbonyl (C=O) groups is 4. The van der Waals surface area contributed by atoms with Crippen molar-refractivity contribution in [3.8, 4) is 33.5 Å². The van der Waals surface area contributed by atoms with Crippen LogP contribution in [0.25, 0.3) is 44.5 Å². The number of amides is 4. The Balaban J connectivity index is 0.908. The Morgan fingerprint density at radius 3 is 1.89 bits per heavy atom. The predicted octanol–water partition coefficient (Wildman–Crippen LogP) is 8.73.